The van der Waals surface area contributed by atoms with Gasteiger partial charge in [-0.15, -0.1) is 0 Å². The predicted molar refractivity (Wildman–Crippen MR) is 119 cm³/mol. The second-order valence-corrected chi connectivity index (χ2v) is 8.29. The van der Waals surface area contributed by atoms with E-state index in [2.05, 4.69) is 0 Å². The molecule has 0 unspecified atom stereocenters. The van der Waals surface area contributed by atoms with E-state index in [9.17, 15) is 19.2 Å². The zero-order chi connectivity index (χ0) is 24.2. The van der Waals surface area contributed by atoms with E-state index in [-0.39, 0.29) is 17.0 Å². The molecule has 3 aliphatic heterocycles. The smallest absolute Gasteiger partial charge is 0.355 e. The molecule has 0 spiro atoms. The number of methoxy groups -OCH3 is 2. The third-order valence-corrected chi connectivity index (χ3v) is 6.81. The summed E-state index contributed by atoms with van der Waals surface area (Å²) in [7, 11) is 2.39. The molecule has 0 radical (unpaired) electrons. The van der Waals surface area contributed by atoms with Gasteiger partial charge in [0, 0.05) is 17.7 Å². The summed E-state index contributed by atoms with van der Waals surface area (Å²) < 4.78 is 15.8. The highest BCUT2D eigenvalue weighted by Gasteiger charge is 2.68. The fraction of sp³-hybridized carbons (Fsp3) is 0.231. The molecule has 3 aliphatic rings. The van der Waals surface area contributed by atoms with E-state index in [4.69, 9.17) is 14.2 Å². The number of carbonyl (C=O) groups excluding carboxylic acids is 4. The van der Waals surface area contributed by atoms with Gasteiger partial charge in [0.1, 0.15) is 11.4 Å². The van der Waals surface area contributed by atoms with E-state index >= 15 is 0 Å². The number of fused-ring (bicyclic) bond motifs is 7. The Kier molecular flexibility index (Phi) is 4.89. The lowest BCUT2D eigenvalue weighted by Crippen LogP contribution is -2.61. The van der Waals surface area contributed by atoms with Crippen molar-refractivity contribution in [2.24, 2.45) is 5.41 Å². The van der Waals surface area contributed by atoms with Gasteiger partial charge in [-0.05, 0) is 30.2 Å². The number of hydrogen-bond donors (Lipinski definition) is 0. The van der Waals surface area contributed by atoms with Gasteiger partial charge < -0.3 is 19.1 Å². The summed E-state index contributed by atoms with van der Waals surface area (Å²) in [5.74, 6) is -3.84. The van der Waals surface area contributed by atoms with Gasteiger partial charge in [-0.3, -0.25) is 9.59 Å². The van der Waals surface area contributed by atoms with E-state index in [1.165, 1.54) is 26.0 Å². The minimum absolute atomic E-state index is 0.0866. The SMILES string of the molecule is COC(=O)C1=C(C(=O)OC)N2C=Cc3ccccc3[C@H]2[C@]2(C(C)=O)C(=O)Oc3ccccc3[C@H]12. The van der Waals surface area contributed by atoms with Gasteiger partial charge in [-0.2, -0.15) is 0 Å². The summed E-state index contributed by atoms with van der Waals surface area (Å²) in [4.78, 5) is 55.3. The summed E-state index contributed by atoms with van der Waals surface area (Å²) >= 11 is 0. The molecule has 0 aliphatic carbocycles. The Hall–Kier alpha value is -4.20. The number of benzene rings is 2. The first kappa shape index (κ1) is 21.6. The first-order valence-electron chi connectivity index (χ1n) is 10.7. The molecule has 0 N–H and O–H groups in total. The van der Waals surface area contributed by atoms with Crippen molar-refractivity contribution in [3.05, 3.63) is 82.7 Å². The third-order valence-electron chi connectivity index (χ3n) is 6.81. The van der Waals surface area contributed by atoms with Crippen LogP contribution >= 0.6 is 0 Å². The van der Waals surface area contributed by atoms with Crippen molar-refractivity contribution in [2.45, 2.75) is 18.9 Å². The summed E-state index contributed by atoms with van der Waals surface area (Å²) in [5, 5.41) is 0. The van der Waals surface area contributed by atoms with Crippen LogP contribution in [0.4, 0.5) is 0 Å². The fourth-order valence-electron chi connectivity index (χ4n) is 5.44. The number of para-hydroxylation sites is 1. The molecular weight excluding hydrogens is 438 g/mol. The van der Waals surface area contributed by atoms with E-state index in [1.54, 1.807) is 48.7 Å². The molecule has 0 bridgehead atoms. The Balaban J connectivity index is 1.98. The number of rotatable bonds is 3. The largest absolute Gasteiger partial charge is 0.466 e. The Bertz CT molecular complexity index is 1320. The maximum Gasteiger partial charge on any atom is 0.355 e. The van der Waals surface area contributed by atoms with Gasteiger partial charge in [0.05, 0.1) is 25.8 Å². The molecule has 0 fully saturated rings. The average molecular weight is 459 g/mol. The van der Waals surface area contributed by atoms with Gasteiger partial charge in [-0.1, -0.05) is 42.5 Å². The van der Waals surface area contributed by atoms with Crippen LogP contribution in [0.1, 0.15) is 35.6 Å². The van der Waals surface area contributed by atoms with Crippen LogP contribution in [0.15, 0.2) is 66.0 Å². The Morgan fingerprint density at radius 2 is 1.59 bits per heavy atom. The zero-order valence-corrected chi connectivity index (χ0v) is 18.7. The summed E-state index contributed by atoms with van der Waals surface area (Å²) in [6.45, 7) is 1.30. The Labute approximate surface area is 195 Å². The minimum atomic E-state index is -1.86. The molecule has 5 rings (SSSR count). The van der Waals surface area contributed by atoms with Crippen LogP contribution in [-0.4, -0.2) is 42.8 Å². The molecule has 172 valence electrons. The molecule has 0 aromatic heterocycles. The van der Waals surface area contributed by atoms with E-state index in [0.717, 1.165) is 5.56 Å². The summed E-state index contributed by atoms with van der Waals surface area (Å²) in [6.07, 6.45) is 3.33. The van der Waals surface area contributed by atoms with Gasteiger partial charge in [0.2, 0.25) is 0 Å². The van der Waals surface area contributed by atoms with Crippen molar-refractivity contribution in [3.8, 4) is 5.75 Å². The van der Waals surface area contributed by atoms with Crippen molar-refractivity contribution < 1.29 is 33.4 Å². The Morgan fingerprint density at radius 3 is 2.26 bits per heavy atom. The number of ether oxygens (including phenoxy) is 3. The van der Waals surface area contributed by atoms with Gasteiger partial charge >= 0.3 is 17.9 Å². The standard InChI is InChI=1S/C26H21NO7/c1-14(28)26-20(17-10-6-7-11-18(17)34-25(26)31)19(23(29)32-2)21(24(30)33-3)27-13-12-15-8-4-5-9-16(15)22(26)27/h4-13,20,22H,1-3H3/t20-,22+,26-/m1/s1. The van der Waals surface area contributed by atoms with E-state index in [0.29, 0.717) is 11.1 Å². The summed E-state index contributed by atoms with van der Waals surface area (Å²) in [5.41, 5.74) is -0.223. The molecular formula is C26H21NO7. The zero-order valence-electron chi connectivity index (χ0n) is 18.7. The molecule has 3 heterocycles. The molecule has 34 heavy (non-hydrogen) atoms. The lowest BCUT2D eigenvalue weighted by atomic mass is 9.56. The van der Waals surface area contributed by atoms with E-state index in [1.807, 2.05) is 12.1 Å². The van der Waals surface area contributed by atoms with Crippen LogP contribution < -0.4 is 4.74 Å². The van der Waals surface area contributed by atoms with Crippen molar-refractivity contribution in [2.75, 3.05) is 14.2 Å². The number of ketones is 1. The van der Waals surface area contributed by atoms with Crippen LogP contribution in [0.2, 0.25) is 0 Å². The molecule has 0 amide bonds. The third kappa shape index (κ3) is 2.65. The number of hydrogen-bond acceptors (Lipinski definition) is 8. The normalized spacial score (nSPS) is 24.2. The first-order valence-corrected chi connectivity index (χ1v) is 10.7. The highest BCUT2D eigenvalue weighted by molar-refractivity contribution is 6.12. The molecule has 8 nitrogen and oxygen atoms in total. The molecule has 2 aromatic carbocycles. The molecule has 8 heteroatoms. The van der Waals surface area contributed by atoms with Gasteiger partial charge in [0.25, 0.3) is 0 Å². The minimum Gasteiger partial charge on any atom is -0.466 e. The summed E-state index contributed by atoms with van der Waals surface area (Å²) in [6, 6.07) is 13.0. The van der Waals surface area contributed by atoms with Crippen LogP contribution in [0.3, 0.4) is 0 Å². The van der Waals surface area contributed by atoms with Crippen molar-refractivity contribution in [3.63, 3.8) is 0 Å². The molecule has 0 saturated carbocycles. The highest BCUT2D eigenvalue weighted by Crippen LogP contribution is 2.62. The number of Topliss-reactive ketones (excluding diaryl/α,β-unsaturated/α-hetero) is 1. The van der Waals surface area contributed by atoms with Gasteiger partial charge in [0.15, 0.2) is 11.2 Å². The fourth-order valence-corrected chi connectivity index (χ4v) is 5.44. The Morgan fingerprint density at radius 1 is 0.941 bits per heavy atom. The van der Waals surface area contributed by atoms with Crippen molar-refractivity contribution >= 4 is 29.8 Å². The molecule has 2 aromatic rings. The van der Waals surface area contributed by atoms with Crippen LogP contribution in [0.5, 0.6) is 5.75 Å². The van der Waals surface area contributed by atoms with Crippen LogP contribution in [0, 0.1) is 5.41 Å². The number of esters is 3. The average Bonchev–Trinajstić information content (AvgIpc) is 2.86. The number of nitrogens with zero attached hydrogens (tertiary/aromatic N) is 1. The lowest BCUT2D eigenvalue weighted by Gasteiger charge is -2.54. The highest BCUT2D eigenvalue weighted by atomic mass is 16.5. The second-order valence-electron chi connectivity index (χ2n) is 8.29. The monoisotopic (exact) mass is 459 g/mol. The van der Waals surface area contributed by atoms with E-state index < -0.39 is 41.1 Å². The quantitative estimate of drug-likeness (QED) is 0.393. The predicted octanol–water partition coefficient (Wildman–Crippen LogP) is 2.91. The van der Waals surface area contributed by atoms with Crippen molar-refractivity contribution in [1.29, 1.82) is 0 Å². The molecule has 3 atom stereocenters. The molecule has 0 saturated heterocycles. The van der Waals surface area contributed by atoms with Crippen LogP contribution in [-0.2, 0) is 28.7 Å². The van der Waals surface area contributed by atoms with Gasteiger partial charge in [-0.25, -0.2) is 9.59 Å². The topological polar surface area (TPSA) is 99.2 Å². The number of carbonyl (C=O) groups is 4. The van der Waals surface area contributed by atoms with Crippen LogP contribution in [0.25, 0.3) is 6.08 Å². The first-order chi connectivity index (χ1) is 16.4. The maximum atomic E-state index is 13.8. The maximum absolute atomic E-state index is 13.8. The lowest BCUT2D eigenvalue weighted by molar-refractivity contribution is -0.163. The second kappa shape index (κ2) is 7.69. The van der Waals surface area contributed by atoms with Crippen molar-refractivity contribution in [1.82, 2.24) is 4.90 Å².